The van der Waals surface area contributed by atoms with E-state index in [0.717, 1.165) is 16.8 Å². The quantitative estimate of drug-likeness (QED) is 0.775. The summed E-state index contributed by atoms with van der Waals surface area (Å²) in [6, 6.07) is 17.3. The molecule has 102 valence electrons. The van der Waals surface area contributed by atoms with E-state index in [1.54, 1.807) is 6.07 Å². The third kappa shape index (κ3) is 3.58. The summed E-state index contributed by atoms with van der Waals surface area (Å²) < 4.78 is 0. The fourth-order valence-electron chi connectivity index (χ4n) is 1.85. The van der Waals surface area contributed by atoms with Crippen LogP contribution in [0.2, 0.25) is 0 Å². The third-order valence-electron chi connectivity index (χ3n) is 2.96. The summed E-state index contributed by atoms with van der Waals surface area (Å²) in [5.74, 6) is 0. The number of nitriles is 1. The molecule has 0 aromatic heterocycles. The summed E-state index contributed by atoms with van der Waals surface area (Å²) in [7, 11) is 0. The average Bonchev–Trinajstić information content (AvgIpc) is 2.53. The fourth-order valence-corrected chi connectivity index (χ4v) is 1.85. The van der Waals surface area contributed by atoms with E-state index in [2.05, 4.69) is 11.4 Å². The van der Waals surface area contributed by atoms with Crippen LogP contribution in [0, 0.1) is 11.3 Å². The van der Waals surface area contributed by atoms with Gasteiger partial charge in [0.1, 0.15) is 0 Å². The van der Waals surface area contributed by atoms with Crippen molar-refractivity contribution in [2.75, 3.05) is 18.5 Å². The van der Waals surface area contributed by atoms with Gasteiger partial charge in [0.2, 0.25) is 0 Å². The number of rotatable bonds is 5. The van der Waals surface area contributed by atoms with E-state index in [1.165, 1.54) is 0 Å². The van der Waals surface area contributed by atoms with Crippen LogP contribution in [-0.4, -0.2) is 29.5 Å². The molecule has 1 unspecified atom stereocenters. The maximum absolute atomic E-state index is 9.27. The summed E-state index contributed by atoms with van der Waals surface area (Å²) in [5.41, 5.74) is 3.52. The summed E-state index contributed by atoms with van der Waals surface area (Å²) >= 11 is 0. The van der Waals surface area contributed by atoms with Crippen molar-refractivity contribution < 1.29 is 10.2 Å². The van der Waals surface area contributed by atoms with Crippen LogP contribution in [0.15, 0.2) is 48.5 Å². The summed E-state index contributed by atoms with van der Waals surface area (Å²) in [6.07, 6.45) is -0.762. The van der Waals surface area contributed by atoms with E-state index in [0.29, 0.717) is 12.1 Å². The van der Waals surface area contributed by atoms with E-state index in [-0.39, 0.29) is 6.61 Å². The second-order valence-corrected chi connectivity index (χ2v) is 4.49. The van der Waals surface area contributed by atoms with Crippen LogP contribution in [0.25, 0.3) is 11.1 Å². The van der Waals surface area contributed by atoms with E-state index in [1.807, 2.05) is 42.5 Å². The molecule has 2 aromatic rings. The molecule has 2 aromatic carbocycles. The van der Waals surface area contributed by atoms with Gasteiger partial charge in [0.15, 0.2) is 0 Å². The van der Waals surface area contributed by atoms with Gasteiger partial charge in [-0.3, -0.25) is 0 Å². The van der Waals surface area contributed by atoms with Crippen molar-refractivity contribution in [2.24, 2.45) is 0 Å². The lowest BCUT2D eigenvalue weighted by atomic mass is 10.0. The van der Waals surface area contributed by atoms with Gasteiger partial charge in [-0.15, -0.1) is 0 Å². The van der Waals surface area contributed by atoms with Gasteiger partial charge in [0.05, 0.1) is 24.3 Å². The maximum Gasteiger partial charge on any atom is 0.0991 e. The zero-order chi connectivity index (χ0) is 14.4. The van der Waals surface area contributed by atoms with Gasteiger partial charge in [0.25, 0.3) is 0 Å². The Kier molecular flexibility index (Phi) is 4.72. The zero-order valence-corrected chi connectivity index (χ0v) is 11.0. The van der Waals surface area contributed by atoms with Crippen LogP contribution in [0.4, 0.5) is 5.69 Å². The number of anilines is 1. The molecule has 0 aliphatic carbocycles. The van der Waals surface area contributed by atoms with Crippen LogP contribution in [0.3, 0.4) is 0 Å². The molecule has 0 bridgehead atoms. The Bertz CT molecular complexity index is 603. The van der Waals surface area contributed by atoms with Crippen molar-refractivity contribution in [1.29, 1.82) is 5.26 Å². The molecule has 0 aliphatic heterocycles. The van der Waals surface area contributed by atoms with E-state index < -0.39 is 6.10 Å². The topological polar surface area (TPSA) is 76.3 Å². The molecule has 0 saturated heterocycles. The maximum atomic E-state index is 9.27. The minimum absolute atomic E-state index is 0.258. The SMILES string of the molecule is N#Cc1cccc(-c2ccc(NCC(O)CO)cc2)c1. The first-order valence-electron chi connectivity index (χ1n) is 6.36. The molecule has 4 heteroatoms. The molecule has 0 spiro atoms. The number of nitrogens with zero attached hydrogens (tertiary/aromatic N) is 1. The van der Waals surface area contributed by atoms with Gasteiger partial charge in [-0.25, -0.2) is 0 Å². The first kappa shape index (κ1) is 14.1. The van der Waals surface area contributed by atoms with Crippen LogP contribution in [-0.2, 0) is 0 Å². The number of aliphatic hydroxyl groups is 2. The van der Waals surface area contributed by atoms with Gasteiger partial charge >= 0.3 is 0 Å². The number of hydrogen-bond donors (Lipinski definition) is 3. The molecule has 0 heterocycles. The molecule has 1 atom stereocenters. The second kappa shape index (κ2) is 6.71. The first-order valence-corrected chi connectivity index (χ1v) is 6.36. The molecule has 0 aliphatic rings. The molecular weight excluding hydrogens is 252 g/mol. The normalized spacial score (nSPS) is 11.7. The van der Waals surface area contributed by atoms with Gasteiger partial charge in [-0.05, 0) is 35.4 Å². The molecule has 2 rings (SSSR count). The lowest BCUT2D eigenvalue weighted by molar-refractivity contribution is 0.105. The fraction of sp³-hybridized carbons (Fsp3) is 0.188. The van der Waals surface area contributed by atoms with Crippen LogP contribution < -0.4 is 5.32 Å². The van der Waals surface area contributed by atoms with Crippen molar-refractivity contribution in [2.45, 2.75) is 6.10 Å². The summed E-state index contributed by atoms with van der Waals surface area (Å²) in [4.78, 5) is 0. The van der Waals surface area contributed by atoms with E-state index in [4.69, 9.17) is 10.4 Å². The van der Waals surface area contributed by atoms with Gasteiger partial charge < -0.3 is 15.5 Å². The number of aliphatic hydroxyl groups excluding tert-OH is 2. The average molecular weight is 268 g/mol. The zero-order valence-electron chi connectivity index (χ0n) is 11.0. The molecule has 0 radical (unpaired) electrons. The first-order chi connectivity index (χ1) is 9.72. The second-order valence-electron chi connectivity index (χ2n) is 4.49. The molecular formula is C16H16N2O2. The van der Waals surface area contributed by atoms with Gasteiger partial charge in [0, 0.05) is 12.2 Å². The highest BCUT2D eigenvalue weighted by Gasteiger charge is 2.02. The Labute approximate surface area is 117 Å². The van der Waals surface area contributed by atoms with E-state index >= 15 is 0 Å². The Morgan fingerprint density at radius 1 is 1.10 bits per heavy atom. The van der Waals surface area contributed by atoms with Crippen molar-refractivity contribution in [1.82, 2.24) is 0 Å². The smallest absolute Gasteiger partial charge is 0.0991 e. The third-order valence-corrected chi connectivity index (χ3v) is 2.96. The van der Waals surface area contributed by atoms with Crippen molar-refractivity contribution in [3.05, 3.63) is 54.1 Å². The lowest BCUT2D eigenvalue weighted by Gasteiger charge is -2.10. The van der Waals surface area contributed by atoms with Crippen molar-refractivity contribution in [3.63, 3.8) is 0 Å². The van der Waals surface area contributed by atoms with Crippen molar-refractivity contribution >= 4 is 5.69 Å². The number of nitrogens with one attached hydrogen (secondary N) is 1. The minimum Gasteiger partial charge on any atom is -0.394 e. The van der Waals surface area contributed by atoms with E-state index in [9.17, 15) is 5.11 Å². The van der Waals surface area contributed by atoms with Gasteiger partial charge in [-0.1, -0.05) is 24.3 Å². The molecule has 3 N–H and O–H groups in total. The standard InChI is InChI=1S/C16H16N2O2/c17-9-12-2-1-3-14(8-12)13-4-6-15(7-5-13)18-10-16(20)11-19/h1-8,16,18-20H,10-11H2. The van der Waals surface area contributed by atoms with Crippen LogP contribution in [0.5, 0.6) is 0 Å². The summed E-state index contributed by atoms with van der Waals surface area (Å²) in [6.45, 7) is 0.0474. The molecule has 0 saturated carbocycles. The molecule has 4 nitrogen and oxygen atoms in total. The Morgan fingerprint density at radius 2 is 1.85 bits per heavy atom. The summed E-state index contributed by atoms with van der Waals surface area (Å²) in [5, 5.41) is 29.9. The highest BCUT2D eigenvalue weighted by atomic mass is 16.3. The monoisotopic (exact) mass is 268 g/mol. The molecule has 0 fully saturated rings. The minimum atomic E-state index is -0.762. The Morgan fingerprint density at radius 3 is 2.50 bits per heavy atom. The van der Waals surface area contributed by atoms with Crippen molar-refractivity contribution in [3.8, 4) is 17.2 Å². The molecule has 0 amide bonds. The molecule has 20 heavy (non-hydrogen) atoms. The Balaban J connectivity index is 2.09. The number of benzene rings is 2. The predicted octanol–water partition coefficient (Wildman–Crippen LogP) is 1.99. The van der Waals surface area contributed by atoms with Gasteiger partial charge in [-0.2, -0.15) is 5.26 Å². The van der Waals surface area contributed by atoms with Crippen LogP contribution >= 0.6 is 0 Å². The Hall–Kier alpha value is -2.35. The number of hydrogen-bond acceptors (Lipinski definition) is 4. The largest absolute Gasteiger partial charge is 0.394 e. The highest BCUT2D eigenvalue weighted by Crippen LogP contribution is 2.22. The lowest BCUT2D eigenvalue weighted by Crippen LogP contribution is -2.22. The highest BCUT2D eigenvalue weighted by molar-refractivity contribution is 5.67. The predicted molar refractivity (Wildman–Crippen MR) is 78.2 cm³/mol. The van der Waals surface area contributed by atoms with Crippen LogP contribution in [0.1, 0.15) is 5.56 Å².